The van der Waals surface area contributed by atoms with E-state index >= 15 is 0 Å². The minimum atomic E-state index is -3.61. The van der Waals surface area contributed by atoms with Crippen LogP contribution in [0, 0.1) is 6.92 Å². The molecular formula is C19H24N4O3S. The van der Waals surface area contributed by atoms with Gasteiger partial charge in [0.2, 0.25) is 10.0 Å². The molecule has 0 radical (unpaired) electrons. The first kappa shape index (κ1) is 19.2. The third kappa shape index (κ3) is 3.75. The largest absolute Gasteiger partial charge is 0.311 e. The first-order chi connectivity index (χ1) is 12.7. The molecule has 0 amide bonds. The predicted molar refractivity (Wildman–Crippen MR) is 107 cm³/mol. The van der Waals surface area contributed by atoms with E-state index in [1.165, 1.54) is 4.31 Å². The fourth-order valence-electron chi connectivity index (χ4n) is 3.18. The monoisotopic (exact) mass is 388 g/mol. The number of anilines is 1. The summed E-state index contributed by atoms with van der Waals surface area (Å²) < 4.78 is 29.4. The SMILES string of the molecule is CCCn1nc(N(Cc2cc3ccccc3n(C)c2=O)S(C)(=O)=O)cc1C. The van der Waals surface area contributed by atoms with Crippen LogP contribution in [0.25, 0.3) is 10.9 Å². The summed E-state index contributed by atoms with van der Waals surface area (Å²) in [5.74, 6) is 0.332. The van der Waals surface area contributed by atoms with Gasteiger partial charge >= 0.3 is 0 Å². The number of aromatic nitrogens is 3. The predicted octanol–water partition coefficient (Wildman–Crippen LogP) is 2.42. The molecule has 0 N–H and O–H groups in total. The van der Waals surface area contributed by atoms with Gasteiger partial charge in [-0.25, -0.2) is 12.7 Å². The van der Waals surface area contributed by atoms with E-state index in [4.69, 9.17) is 0 Å². The average molecular weight is 388 g/mol. The molecule has 0 aliphatic carbocycles. The number of sulfonamides is 1. The molecule has 0 unspecified atom stereocenters. The standard InChI is InChI=1S/C19H24N4O3S/c1-5-10-22-14(2)11-18(20-22)23(27(4,25)26)13-16-12-15-8-6-7-9-17(15)21(3)19(16)24/h6-9,11-12H,5,10,13H2,1-4H3. The van der Waals surface area contributed by atoms with E-state index in [9.17, 15) is 13.2 Å². The van der Waals surface area contributed by atoms with Crippen molar-refractivity contribution in [2.45, 2.75) is 33.4 Å². The Kier molecular flexibility index (Phi) is 5.10. The van der Waals surface area contributed by atoms with Crippen molar-refractivity contribution in [3.8, 4) is 0 Å². The molecular weight excluding hydrogens is 364 g/mol. The number of rotatable bonds is 6. The number of para-hydroxylation sites is 1. The zero-order valence-corrected chi connectivity index (χ0v) is 16.8. The van der Waals surface area contributed by atoms with Crippen LogP contribution in [0.3, 0.4) is 0 Å². The van der Waals surface area contributed by atoms with Gasteiger partial charge in [0.25, 0.3) is 5.56 Å². The molecule has 27 heavy (non-hydrogen) atoms. The van der Waals surface area contributed by atoms with E-state index < -0.39 is 10.0 Å². The molecule has 0 saturated carbocycles. The van der Waals surface area contributed by atoms with E-state index in [2.05, 4.69) is 5.10 Å². The number of fused-ring (bicyclic) bond motifs is 1. The van der Waals surface area contributed by atoms with Crippen molar-refractivity contribution < 1.29 is 8.42 Å². The Morgan fingerprint density at radius 1 is 1.19 bits per heavy atom. The third-order valence-corrected chi connectivity index (χ3v) is 5.70. The van der Waals surface area contributed by atoms with Gasteiger partial charge < -0.3 is 4.57 Å². The van der Waals surface area contributed by atoms with Crippen LogP contribution in [0.2, 0.25) is 0 Å². The van der Waals surface area contributed by atoms with Crippen molar-refractivity contribution in [3.05, 3.63) is 58.0 Å². The highest BCUT2D eigenvalue weighted by atomic mass is 32.2. The van der Waals surface area contributed by atoms with Gasteiger partial charge in [-0.1, -0.05) is 25.1 Å². The Morgan fingerprint density at radius 3 is 2.56 bits per heavy atom. The Bertz CT molecular complexity index is 1150. The summed E-state index contributed by atoms with van der Waals surface area (Å²) in [5.41, 5.74) is 1.88. The number of nitrogens with zero attached hydrogens (tertiary/aromatic N) is 4. The van der Waals surface area contributed by atoms with Crippen LogP contribution in [0.5, 0.6) is 0 Å². The molecule has 0 fully saturated rings. The molecule has 144 valence electrons. The summed E-state index contributed by atoms with van der Waals surface area (Å²) in [6.07, 6.45) is 2.03. The molecule has 1 aromatic carbocycles. The summed E-state index contributed by atoms with van der Waals surface area (Å²) in [5, 5.41) is 5.32. The highest BCUT2D eigenvalue weighted by Crippen LogP contribution is 2.21. The zero-order valence-electron chi connectivity index (χ0n) is 16.0. The fraction of sp³-hybridized carbons (Fsp3) is 0.368. The van der Waals surface area contributed by atoms with Crippen molar-refractivity contribution in [1.29, 1.82) is 0 Å². The lowest BCUT2D eigenvalue weighted by atomic mass is 10.1. The summed E-state index contributed by atoms with van der Waals surface area (Å²) in [6.45, 7) is 4.58. The minimum Gasteiger partial charge on any atom is -0.311 e. The molecule has 8 heteroatoms. The first-order valence-electron chi connectivity index (χ1n) is 8.82. The molecule has 2 heterocycles. The smallest absolute Gasteiger partial charge is 0.255 e. The highest BCUT2D eigenvalue weighted by molar-refractivity contribution is 7.92. The third-order valence-electron chi connectivity index (χ3n) is 4.58. The lowest BCUT2D eigenvalue weighted by Gasteiger charge is -2.20. The molecule has 2 aromatic heterocycles. The summed E-state index contributed by atoms with van der Waals surface area (Å²) in [6, 6.07) is 11.0. The van der Waals surface area contributed by atoms with Crippen molar-refractivity contribution in [3.63, 3.8) is 0 Å². The van der Waals surface area contributed by atoms with Gasteiger partial charge in [-0.3, -0.25) is 9.48 Å². The average Bonchev–Trinajstić information content (AvgIpc) is 2.96. The van der Waals surface area contributed by atoms with E-state index in [0.717, 1.165) is 29.3 Å². The van der Waals surface area contributed by atoms with Crippen molar-refractivity contribution in [2.75, 3.05) is 10.6 Å². The number of pyridine rings is 1. The van der Waals surface area contributed by atoms with Gasteiger partial charge in [0.15, 0.2) is 5.82 Å². The number of aryl methyl sites for hydroxylation is 3. The van der Waals surface area contributed by atoms with E-state index in [-0.39, 0.29) is 12.1 Å². The van der Waals surface area contributed by atoms with Gasteiger partial charge in [0.05, 0.1) is 18.3 Å². The van der Waals surface area contributed by atoms with Crippen LogP contribution in [-0.2, 0) is 30.2 Å². The number of hydrogen-bond acceptors (Lipinski definition) is 4. The molecule has 0 saturated heterocycles. The van der Waals surface area contributed by atoms with Crippen molar-refractivity contribution in [2.24, 2.45) is 7.05 Å². The van der Waals surface area contributed by atoms with Crippen LogP contribution in [0.1, 0.15) is 24.6 Å². The topological polar surface area (TPSA) is 77.2 Å². The lowest BCUT2D eigenvalue weighted by molar-refractivity contribution is 0.580. The van der Waals surface area contributed by atoms with Gasteiger partial charge in [-0.15, -0.1) is 0 Å². The Labute approximate surface area is 158 Å². The summed E-state index contributed by atoms with van der Waals surface area (Å²) >= 11 is 0. The lowest BCUT2D eigenvalue weighted by Crippen LogP contribution is -2.33. The fourth-order valence-corrected chi connectivity index (χ4v) is 3.98. The molecule has 0 aliphatic heterocycles. The Morgan fingerprint density at radius 2 is 1.89 bits per heavy atom. The molecule has 7 nitrogen and oxygen atoms in total. The van der Waals surface area contributed by atoms with Crippen molar-refractivity contribution in [1.82, 2.24) is 14.3 Å². The number of hydrogen-bond donors (Lipinski definition) is 0. The maximum atomic E-state index is 12.8. The van der Waals surface area contributed by atoms with Crippen LogP contribution < -0.4 is 9.86 Å². The normalized spacial score (nSPS) is 11.9. The van der Waals surface area contributed by atoms with Gasteiger partial charge in [-0.05, 0) is 30.9 Å². The molecule has 3 aromatic rings. The van der Waals surface area contributed by atoms with Crippen LogP contribution in [0.4, 0.5) is 5.82 Å². The summed E-state index contributed by atoms with van der Waals surface area (Å²) in [4.78, 5) is 12.8. The van der Waals surface area contributed by atoms with Crippen LogP contribution >= 0.6 is 0 Å². The maximum absolute atomic E-state index is 12.8. The van der Waals surface area contributed by atoms with Crippen molar-refractivity contribution >= 4 is 26.7 Å². The zero-order chi connectivity index (χ0) is 19.8. The Hall–Kier alpha value is -2.61. The van der Waals surface area contributed by atoms with Gasteiger partial charge in [0.1, 0.15) is 0 Å². The van der Waals surface area contributed by atoms with Gasteiger partial charge in [-0.2, -0.15) is 5.10 Å². The second kappa shape index (κ2) is 7.19. The first-order valence-corrected chi connectivity index (χ1v) is 10.7. The molecule has 0 atom stereocenters. The van der Waals surface area contributed by atoms with Gasteiger partial charge in [0, 0.05) is 30.9 Å². The van der Waals surface area contributed by atoms with Crippen LogP contribution in [-0.4, -0.2) is 29.0 Å². The quantitative estimate of drug-likeness (QED) is 0.650. The highest BCUT2D eigenvalue weighted by Gasteiger charge is 2.23. The second-order valence-electron chi connectivity index (χ2n) is 6.73. The second-order valence-corrected chi connectivity index (χ2v) is 8.64. The van der Waals surface area contributed by atoms with E-state index in [1.807, 2.05) is 38.1 Å². The van der Waals surface area contributed by atoms with Crippen LogP contribution in [0.15, 0.2) is 41.2 Å². The molecule has 0 spiro atoms. The molecule has 3 rings (SSSR count). The maximum Gasteiger partial charge on any atom is 0.255 e. The summed E-state index contributed by atoms with van der Waals surface area (Å²) in [7, 11) is -1.91. The minimum absolute atomic E-state index is 0.0566. The molecule has 0 bridgehead atoms. The number of benzene rings is 1. The molecule has 0 aliphatic rings. The van der Waals surface area contributed by atoms with E-state index in [0.29, 0.717) is 17.9 Å². The Balaban J connectivity index is 2.09. The van der Waals surface area contributed by atoms with E-state index in [1.54, 1.807) is 28.4 Å².